The molecule has 1 aliphatic rings. The molecule has 1 aliphatic heterocycles. The Morgan fingerprint density at radius 3 is 2.75 bits per heavy atom. The summed E-state index contributed by atoms with van der Waals surface area (Å²) in [5.74, 6) is -2.80. The third kappa shape index (κ3) is 2.40. The van der Waals surface area contributed by atoms with Gasteiger partial charge in [-0.1, -0.05) is 29.8 Å². The van der Waals surface area contributed by atoms with Crippen LogP contribution in [0.4, 0.5) is 13.2 Å². The molecule has 0 aromatic heterocycles. The van der Waals surface area contributed by atoms with Gasteiger partial charge in [-0.15, -0.1) is 0 Å². The summed E-state index contributed by atoms with van der Waals surface area (Å²) < 4.78 is 39.8. The average Bonchev–Trinajstić information content (AvgIpc) is 2.73. The number of aliphatic carboxylic acids is 1. The van der Waals surface area contributed by atoms with E-state index in [-0.39, 0.29) is 13.0 Å². The van der Waals surface area contributed by atoms with E-state index >= 15 is 0 Å². The van der Waals surface area contributed by atoms with Crippen LogP contribution in [0.1, 0.15) is 11.1 Å². The number of hydrogen-bond acceptors (Lipinski definition) is 2. The number of halogens is 3. The number of carboxylic acid groups (broad SMARTS) is 1. The molecule has 20 heavy (non-hydrogen) atoms. The smallest absolute Gasteiger partial charge is 0.406 e. The first-order chi connectivity index (χ1) is 9.27. The summed E-state index contributed by atoms with van der Waals surface area (Å²) in [5, 5.41) is 11.7. The Bertz CT molecular complexity index is 515. The second-order valence-corrected chi connectivity index (χ2v) is 5.30. The van der Waals surface area contributed by atoms with Crippen molar-refractivity contribution >= 4 is 5.97 Å². The maximum absolute atomic E-state index is 13.3. The Kier molecular flexibility index (Phi) is 3.77. The lowest BCUT2D eigenvalue weighted by molar-refractivity contribution is -0.236. The molecule has 110 valence electrons. The van der Waals surface area contributed by atoms with Crippen molar-refractivity contribution in [1.82, 2.24) is 5.32 Å². The summed E-state index contributed by atoms with van der Waals surface area (Å²) in [4.78, 5) is 11.3. The van der Waals surface area contributed by atoms with Gasteiger partial charge in [-0.3, -0.25) is 4.79 Å². The number of aryl methyl sites for hydroxylation is 1. The highest BCUT2D eigenvalue weighted by Crippen LogP contribution is 2.47. The predicted octanol–water partition coefficient (Wildman–Crippen LogP) is 2.39. The number of carbonyl (C=O) groups is 1. The van der Waals surface area contributed by atoms with Gasteiger partial charge in [-0.2, -0.15) is 13.2 Å². The van der Waals surface area contributed by atoms with E-state index in [4.69, 9.17) is 5.11 Å². The molecule has 6 heteroatoms. The second-order valence-electron chi connectivity index (χ2n) is 5.30. The maximum Gasteiger partial charge on any atom is 0.406 e. The van der Waals surface area contributed by atoms with Crippen molar-refractivity contribution in [2.75, 3.05) is 13.1 Å². The largest absolute Gasteiger partial charge is 0.481 e. The Hall–Kier alpha value is -1.56. The van der Waals surface area contributed by atoms with Crippen molar-refractivity contribution in [3.05, 3.63) is 35.4 Å². The fourth-order valence-corrected chi connectivity index (χ4v) is 2.84. The molecule has 1 heterocycles. The van der Waals surface area contributed by atoms with Crippen LogP contribution >= 0.6 is 0 Å². The quantitative estimate of drug-likeness (QED) is 0.897. The minimum Gasteiger partial charge on any atom is -0.481 e. The van der Waals surface area contributed by atoms with Crippen LogP contribution in [0.2, 0.25) is 0 Å². The lowest BCUT2D eigenvalue weighted by Gasteiger charge is -2.32. The lowest BCUT2D eigenvalue weighted by Crippen LogP contribution is -2.51. The Morgan fingerprint density at radius 2 is 2.20 bits per heavy atom. The molecule has 0 unspecified atom stereocenters. The van der Waals surface area contributed by atoms with Crippen LogP contribution in [0, 0.1) is 18.3 Å². The van der Waals surface area contributed by atoms with E-state index < -0.39 is 30.0 Å². The van der Waals surface area contributed by atoms with Crippen molar-refractivity contribution in [3.63, 3.8) is 0 Å². The van der Waals surface area contributed by atoms with E-state index in [0.29, 0.717) is 0 Å². The number of nitrogens with one attached hydrogen (secondary N) is 1. The maximum atomic E-state index is 13.3. The molecule has 1 aromatic carbocycles. The predicted molar refractivity (Wildman–Crippen MR) is 67.4 cm³/mol. The van der Waals surface area contributed by atoms with Crippen LogP contribution in [-0.2, 0) is 11.2 Å². The van der Waals surface area contributed by atoms with Crippen LogP contribution < -0.4 is 5.32 Å². The summed E-state index contributed by atoms with van der Waals surface area (Å²) in [7, 11) is 0. The molecule has 0 spiro atoms. The van der Waals surface area contributed by atoms with Crippen molar-refractivity contribution in [2.24, 2.45) is 11.3 Å². The number of alkyl halides is 3. The zero-order chi connectivity index (χ0) is 15.0. The normalized spacial score (nSPS) is 26.7. The molecule has 1 fully saturated rings. The van der Waals surface area contributed by atoms with Crippen molar-refractivity contribution < 1.29 is 23.1 Å². The number of carboxylic acids is 1. The SMILES string of the molecule is Cc1cccc(C[C@@H]2CNC[C@@]2(C(=O)O)C(F)(F)F)c1. The third-order valence-corrected chi connectivity index (χ3v) is 3.94. The first kappa shape index (κ1) is 14.8. The summed E-state index contributed by atoms with van der Waals surface area (Å²) in [5.41, 5.74) is -1.02. The van der Waals surface area contributed by atoms with Gasteiger partial charge in [0.25, 0.3) is 0 Å². The standard InChI is InChI=1S/C14H16F3NO2/c1-9-3-2-4-10(5-9)6-11-7-18-8-13(11,12(19)20)14(15,16)17/h2-5,11,18H,6-8H2,1H3,(H,19,20)/t11-,13-/m1/s1. The van der Waals surface area contributed by atoms with E-state index in [0.717, 1.165) is 11.1 Å². The number of hydrogen-bond donors (Lipinski definition) is 2. The monoisotopic (exact) mass is 287 g/mol. The van der Waals surface area contributed by atoms with Gasteiger partial charge in [-0.05, 0) is 25.5 Å². The lowest BCUT2D eigenvalue weighted by atomic mass is 9.74. The second kappa shape index (κ2) is 5.09. The van der Waals surface area contributed by atoms with Crippen LogP contribution in [0.25, 0.3) is 0 Å². The zero-order valence-corrected chi connectivity index (χ0v) is 11.0. The van der Waals surface area contributed by atoms with Crippen molar-refractivity contribution in [3.8, 4) is 0 Å². The fourth-order valence-electron chi connectivity index (χ4n) is 2.84. The Balaban J connectivity index is 2.32. The van der Waals surface area contributed by atoms with Gasteiger partial charge in [0.1, 0.15) is 0 Å². The van der Waals surface area contributed by atoms with Crippen molar-refractivity contribution in [2.45, 2.75) is 19.5 Å². The summed E-state index contributed by atoms with van der Waals surface area (Å²) >= 11 is 0. The first-order valence-corrected chi connectivity index (χ1v) is 6.34. The molecule has 0 aliphatic carbocycles. The van der Waals surface area contributed by atoms with Gasteiger partial charge in [0.05, 0.1) is 0 Å². The van der Waals surface area contributed by atoms with Crippen LogP contribution in [0.15, 0.2) is 24.3 Å². The van der Waals surface area contributed by atoms with Gasteiger partial charge in [-0.25, -0.2) is 0 Å². The minimum atomic E-state index is -4.77. The Morgan fingerprint density at radius 1 is 1.50 bits per heavy atom. The molecule has 3 nitrogen and oxygen atoms in total. The minimum absolute atomic E-state index is 0.0553. The average molecular weight is 287 g/mol. The summed E-state index contributed by atoms with van der Waals surface area (Å²) in [6.07, 6.45) is -4.67. The van der Waals surface area contributed by atoms with Gasteiger partial charge in [0, 0.05) is 12.5 Å². The van der Waals surface area contributed by atoms with Gasteiger partial charge in [0.2, 0.25) is 0 Å². The molecule has 0 bridgehead atoms. The van der Waals surface area contributed by atoms with E-state index in [2.05, 4.69) is 5.32 Å². The molecule has 0 radical (unpaired) electrons. The van der Waals surface area contributed by atoms with Gasteiger partial charge in [0.15, 0.2) is 5.41 Å². The third-order valence-electron chi connectivity index (χ3n) is 3.94. The molecule has 2 N–H and O–H groups in total. The molecule has 2 rings (SSSR count). The highest BCUT2D eigenvalue weighted by atomic mass is 19.4. The molecular weight excluding hydrogens is 271 g/mol. The van der Waals surface area contributed by atoms with Gasteiger partial charge >= 0.3 is 12.1 Å². The van der Waals surface area contributed by atoms with E-state index in [1.165, 1.54) is 0 Å². The summed E-state index contributed by atoms with van der Waals surface area (Å²) in [6, 6.07) is 7.14. The highest BCUT2D eigenvalue weighted by Gasteiger charge is 2.66. The molecule has 1 saturated heterocycles. The molecule has 0 saturated carbocycles. The number of rotatable bonds is 3. The van der Waals surface area contributed by atoms with E-state index in [1.54, 1.807) is 18.2 Å². The van der Waals surface area contributed by atoms with E-state index in [1.807, 2.05) is 13.0 Å². The molecular formula is C14H16F3NO2. The topological polar surface area (TPSA) is 49.3 Å². The molecule has 2 atom stereocenters. The first-order valence-electron chi connectivity index (χ1n) is 6.34. The molecule has 0 amide bonds. The van der Waals surface area contributed by atoms with Crippen molar-refractivity contribution in [1.29, 1.82) is 0 Å². The van der Waals surface area contributed by atoms with Crippen LogP contribution in [0.5, 0.6) is 0 Å². The fraction of sp³-hybridized carbons (Fsp3) is 0.500. The van der Waals surface area contributed by atoms with Gasteiger partial charge < -0.3 is 10.4 Å². The van der Waals surface area contributed by atoms with Crippen LogP contribution in [0.3, 0.4) is 0 Å². The zero-order valence-electron chi connectivity index (χ0n) is 11.0. The van der Waals surface area contributed by atoms with E-state index in [9.17, 15) is 18.0 Å². The van der Waals surface area contributed by atoms with Crippen LogP contribution in [-0.4, -0.2) is 30.3 Å². The molecule has 1 aromatic rings. The Labute approximate surface area is 114 Å². The highest BCUT2D eigenvalue weighted by molar-refractivity contribution is 5.77. The number of benzene rings is 1. The summed E-state index contributed by atoms with van der Waals surface area (Å²) in [6.45, 7) is 1.34.